The monoisotopic (exact) mass is 334 g/mol. The molecule has 3 nitrogen and oxygen atoms in total. The largest absolute Gasteiger partial charge is 0.274 e. The maximum absolute atomic E-state index is 13.6. The van der Waals surface area contributed by atoms with Gasteiger partial charge in [0, 0.05) is 19.1 Å². The third-order valence-corrected chi connectivity index (χ3v) is 5.65. The predicted molar refractivity (Wildman–Crippen MR) is 101 cm³/mol. The van der Waals surface area contributed by atoms with Crippen LogP contribution in [0.1, 0.15) is 50.2 Å². The first-order valence-electron chi connectivity index (χ1n) is 9.48. The number of hydrazine groups is 1. The van der Waals surface area contributed by atoms with Crippen molar-refractivity contribution in [2.75, 3.05) is 13.1 Å². The number of carbonyl (C=O) groups excluding carboxylic acids is 1. The third kappa shape index (κ3) is 2.67. The summed E-state index contributed by atoms with van der Waals surface area (Å²) in [7, 11) is 0. The lowest BCUT2D eigenvalue weighted by Crippen LogP contribution is -2.59. The Morgan fingerprint density at radius 2 is 1.68 bits per heavy atom. The maximum Gasteiger partial charge on any atom is 0.248 e. The Hall–Kier alpha value is -2.13. The zero-order valence-corrected chi connectivity index (χ0v) is 15.1. The average Bonchev–Trinajstić information content (AvgIpc) is 2.97. The van der Waals surface area contributed by atoms with Crippen molar-refractivity contribution >= 4 is 5.91 Å². The van der Waals surface area contributed by atoms with E-state index in [2.05, 4.69) is 55.3 Å². The highest BCUT2D eigenvalue weighted by Gasteiger charge is 2.40. The van der Waals surface area contributed by atoms with Gasteiger partial charge in [-0.05, 0) is 42.0 Å². The molecule has 1 fully saturated rings. The highest BCUT2D eigenvalue weighted by Crippen LogP contribution is 2.45. The molecule has 130 valence electrons. The molecule has 4 rings (SSSR count). The molecule has 0 saturated carbocycles. The summed E-state index contributed by atoms with van der Waals surface area (Å²) < 4.78 is 0. The molecule has 1 saturated heterocycles. The first-order valence-corrected chi connectivity index (χ1v) is 9.48. The van der Waals surface area contributed by atoms with Crippen LogP contribution in [0, 0.1) is 0 Å². The Labute approximate surface area is 150 Å². The molecule has 0 N–H and O–H groups in total. The summed E-state index contributed by atoms with van der Waals surface area (Å²) in [4.78, 5) is 13.6. The molecule has 0 bridgehead atoms. The van der Waals surface area contributed by atoms with Crippen molar-refractivity contribution in [2.24, 2.45) is 0 Å². The second kappa shape index (κ2) is 6.64. The minimum Gasteiger partial charge on any atom is -0.274 e. The van der Waals surface area contributed by atoms with Crippen molar-refractivity contribution in [3.8, 4) is 11.1 Å². The van der Waals surface area contributed by atoms with Gasteiger partial charge in [0.2, 0.25) is 5.91 Å². The van der Waals surface area contributed by atoms with Crippen molar-refractivity contribution in [1.29, 1.82) is 0 Å². The van der Waals surface area contributed by atoms with Gasteiger partial charge >= 0.3 is 0 Å². The number of benzene rings is 2. The van der Waals surface area contributed by atoms with Gasteiger partial charge in [0.15, 0.2) is 0 Å². The predicted octanol–water partition coefficient (Wildman–Crippen LogP) is 4.44. The lowest BCUT2D eigenvalue weighted by molar-refractivity contribution is -0.166. The molecule has 1 amide bonds. The van der Waals surface area contributed by atoms with E-state index in [1.165, 1.54) is 17.5 Å². The fourth-order valence-corrected chi connectivity index (χ4v) is 4.11. The average molecular weight is 334 g/mol. The number of amides is 1. The first kappa shape index (κ1) is 16.3. The molecule has 1 atom stereocenters. The van der Waals surface area contributed by atoms with Gasteiger partial charge in [-0.15, -0.1) is 0 Å². The molecule has 1 aliphatic heterocycles. The quantitative estimate of drug-likeness (QED) is 0.807. The second-order valence-electron chi connectivity index (χ2n) is 7.22. The summed E-state index contributed by atoms with van der Waals surface area (Å²) in [6.07, 6.45) is 3.32. The van der Waals surface area contributed by atoms with Crippen LogP contribution < -0.4 is 0 Å². The van der Waals surface area contributed by atoms with Crippen LogP contribution in [0.25, 0.3) is 11.1 Å². The van der Waals surface area contributed by atoms with E-state index in [4.69, 9.17) is 0 Å². The van der Waals surface area contributed by atoms with Gasteiger partial charge < -0.3 is 0 Å². The molecule has 25 heavy (non-hydrogen) atoms. The van der Waals surface area contributed by atoms with Crippen LogP contribution in [0.3, 0.4) is 0 Å². The maximum atomic E-state index is 13.6. The topological polar surface area (TPSA) is 23.6 Å². The van der Waals surface area contributed by atoms with E-state index in [9.17, 15) is 4.79 Å². The molecular weight excluding hydrogens is 308 g/mol. The van der Waals surface area contributed by atoms with Crippen molar-refractivity contribution in [3.63, 3.8) is 0 Å². The van der Waals surface area contributed by atoms with Crippen molar-refractivity contribution in [2.45, 2.75) is 45.1 Å². The summed E-state index contributed by atoms with van der Waals surface area (Å²) in [5.41, 5.74) is 4.74. The summed E-state index contributed by atoms with van der Waals surface area (Å²) in [5, 5.41) is 4.31. The van der Waals surface area contributed by atoms with Gasteiger partial charge in [0.1, 0.15) is 0 Å². The molecule has 1 heterocycles. The van der Waals surface area contributed by atoms with Crippen LogP contribution in [0.15, 0.2) is 48.5 Å². The van der Waals surface area contributed by atoms with E-state index in [1.54, 1.807) is 0 Å². The van der Waals surface area contributed by atoms with Crippen LogP contribution in [-0.2, 0) is 4.79 Å². The minimum atomic E-state index is -0.169. The first-order chi connectivity index (χ1) is 12.2. The van der Waals surface area contributed by atoms with E-state index in [1.807, 2.05) is 17.1 Å². The van der Waals surface area contributed by atoms with Crippen LogP contribution in [0.2, 0.25) is 0 Å². The van der Waals surface area contributed by atoms with Crippen molar-refractivity contribution in [1.82, 2.24) is 10.0 Å². The number of rotatable bonds is 5. The number of carbonyl (C=O) groups is 1. The van der Waals surface area contributed by atoms with Crippen LogP contribution in [0.4, 0.5) is 0 Å². The molecule has 0 spiro atoms. The molecule has 3 heteroatoms. The lowest BCUT2D eigenvalue weighted by Gasteiger charge is -2.47. The zero-order valence-electron chi connectivity index (χ0n) is 15.1. The van der Waals surface area contributed by atoms with Gasteiger partial charge in [-0.25, -0.2) is 5.01 Å². The number of hydrogen-bond donors (Lipinski definition) is 0. The molecular formula is C22H26N2O. The van der Waals surface area contributed by atoms with E-state index in [0.717, 1.165) is 37.1 Å². The van der Waals surface area contributed by atoms with Gasteiger partial charge in [-0.2, -0.15) is 0 Å². The van der Waals surface area contributed by atoms with E-state index < -0.39 is 0 Å². The summed E-state index contributed by atoms with van der Waals surface area (Å²) in [5.74, 6) is 0.0643. The molecule has 0 radical (unpaired) electrons. The van der Waals surface area contributed by atoms with E-state index in [-0.39, 0.29) is 11.8 Å². The molecule has 2 aromatic carbocycles. The molecule has 2 aliphatic rings. The smallest absolute Gasteiger partial charge is 0.248 e. The fourth-order valence-electron chi connectivity index (χ4n) is 4.11. The highest BCUT2D eigenvalue weighted by molar-refractivity contribution is 5.96. The van der Waals surface area contributed by atoms with Crippen LogP contribution in [0.5, 0.6) is 0 Å². The van der Waals surface area contributed by atoms with Gasteiger partial charge in [0.05, 0.1) is 5.92 Å². The second-order valence-corrected chi connectivity index (χ2v) is 7.22. The van der Waals surface area contributed by atoms with Crippen LogP contribution in [-0.4, -0.2) is 35.1 Å². The van der Waals surface area contributed by atoms with E-state index in [0.29, 0.717) is 6.04 Å². The Balaban J connectivity index is 1.73. The lowest BCUT2D eigenvalue weighted by atomic mass is 9.95. The molecule has 0 aromatic heterocycles. The Bertz CT molecular complexity index is 740. The van der Waals surface area contributed by atoms with E-state index >= 15 is 0 Å². The third-order valence-electron chi connectivity index (χ3n) is 5.65. The minimum absolute atomic E-state index is 0.169. The number of unbranched alkanes of at least 4 members (excludes halogenated alkanes) is 1. The SMILES string of the molecule is CCCCN(C(=O)C1c2ccccc2-c2ccccc21)N1CCC1C. The Morgan fingerprint density at radius 1 is 1.08 bits per heavy atom. The normalized spacial score (nSPS) is 19.2. The molecule has 2 aromatic rings. The van der Waals surface area contributed by atoms with Gasteiger partial charge in [-0.1, -0.05) is 61.9 Å². The van der Waals surface area contributed by atoms with Crippen molar-refractivity contribution in [3.05, 3.63) is 59.7 Å². The standard InChI is InChI=1S/C22H26N2O/c1-3-4-14-24(23-15-13-16(23)2)22(25)21-19-11-7-5-9-17(19)18-10-6-8-12-20(18)21/h5-12,16,21H,3-4,13-15H2,1-2H3. The highest BCUT2D eigenvalue weighted by atomic mass is 16.2. The number of hydrogen-bond acceptors (Lipinski definition) is 2. The summed E-state index contributed by atoms with van der Waals surface area (Å²) >= 11 is 0. The Kier molecular flexibility index (Phi) is 4.34. The fraction of sp³-hybridized carbons (Fsp3) is 0.409. The summed E-state index contributed by atoms with van der Waals surface area (Å²) in [6, 6.07) is 17.2. The zero-order chi connectivity index (χ0) is 17.4. The van der Waals surface area contributed by atoms with Crippen LogP contribution >= 0.6 is 0 Å². The van der Waals surface area contributed by atoms with Gasteiger partial charge in [-0.3, -0.25) is 9.80 Å². The Morgan fingerprint density at radius 3 is 2.16 bits per heavy atom. The van der Waals surface area contributed by atoms with Crippen molar-refractivity contribution < 1.29 is 4.79 Å². The molecule has 1 aliphatic carbocycles. The molecule has 1 unspecified atom stereocenters. The van der Waals surface area contributed by atoms with Gasteiger partial charge in [0.25, 0.3) is 0 Å². The number of nitrogens with zero attached hydrogens (tertiary/aromatic N) is 2. The number of fused-ring (bicyclic) bond motifs is 3. The summed E-state index contributed by atoms with van der Waals surface area (Å²) in [6.45, 7) is 6.21.